The van der Waals surface area contributed by atoms with E-state index in [0.29, 0.717) is 11.7 Å². The molecular weight excluding hydrogens is 227 g/mol. The van der Waals surface area contributed by atoms with Gasteiger partial charge in [-0.3, -0.25) is 0 Å². The van der Waals surface area contributed by atoms with Crippen LogP contribution in [0.15, 0.2) is 24.3 Å². The molecule has 0 aliphatic carbocycles. The summed E-state index contributed by atoms with van der Waals surface area (Å²) in [4.78, 5) is 0. The smallest absolute Gasteiger partial charge is 0.166 e. The summed E-state index contributed by atoms with van der Waals surface area (Å²) in [5.74, 6) is -0.253. The fraction of sp³-hybridized carbons (Fsp3) is 0.364. The third-order valence-corrected chi connectivity index (χ3v) is 2.38. The van der Waals surface area contributed by atoms with Crippen molar-refractivity contribution < 1.29 is 9.50 Å². The number of halogens is 1. The lowest BCUT2D eigenvalue weighted by Crippen LogP contribution is -2.38. The molecule has 3 N–H and O–H groups in total. The zero-order valence-electron chi connectivity index (χ0n) is 9.03. The van der Waals surface area contributed by atoms with Gasteiger partial charge in [-0.25, -0.2) is 4.39 Å². The summed E-state index contributed by atoms with van der Waals surface area (Å²) in [7, 11) is 0. The Morgan fingerprint density at radius 3 is 2.62 bits per heavy atom. The quantitative estimate of drug-likeness (QED) is 0.697. The molecule has 0 aromatic heterocycles. The van der Waals surface area contributed by atoms with Crippen LogP contribution in [0, 0.1) is 5.82 Å². The average molecular weight is 242 g/mol. The Kier molecular flexibility index (Phi) is 5.14. The van der Waals surface area contributed by atoms with Gasteiger partial charge >= 0.3 is 0 Å². The van der Waals surface area contributed by atoms with Crippen molar-refractivity contribution in [3.8, 4) is 0 Å². The van der Waals surface area contributed by atoms with Crippen molar-refractivity contribution in [3.05, 3.63) is 35.6 Å². The van der Waals surface area contributed by atoms with Crippen LogP contribution in [0.2, 0.25) is 0 Å². The van der Waals surface area contributed by atoms with Gasteiger partial charge in [-0.1, -0.05) is 12.1 Å². The van der Waals surface area contributed by atoms with Crippen molar-refractivity contribution in [2.24, 2.45) is 0 Å². The monoisotopic (exact) mass is 242 g/mol. The van der Waals surface area contributed by atoms with Gasteiger partial charge in [-0.15, -0.1) is 0 Å². The van der Waals surface area contributed by atoms with Crippen molar-refractivity contribution in [1.82, 2.24) is 10.6 Å². The number of hydrogen-bond donors (Lipinski definition) is 3. The summed E-state index contributed by atoms with van der Waals surface area (Å²) in [6.07, 6.45) is 0. The maximum Gasteiger partial charge on any atom is 0.166 e. The predicted molar refractivity (Wildman–Crippen MR) is 65.6 cm³/mol. The molecule has 0 saturated heterocycles. The number of rotatable bonds is 4. The fourth-order valence-corrected chi connectivity index (χ4v) is 1.53. The molecule has 0 fully saturated rings. The lowest BCUT2D eigenvalue weighted by Gasteiger charge is -2.16. The lowest BCUT2D eigenvalue weighted by atomic mass is 10.1. The first kappa shape index (κ1) is 12.9. The Balaban J connectivity index is 2.48. The molecule has 3 nitrogen and oxygen atoms in total. The second kappa shape index (κ2) is 6.40. The number of nitrogens with one attached hydrogen (secondary N) is 2. The van der Waals surface area contributed by atoms with Crippen molar-refractivity contribution in [2.75, 3.05) is 13.2 Å². The van der Waals surface area contributed by atoms with E-state index in [4.69, 9.17) is 17.3 Å². The average Bonchev–Trinajstić information content (AvgIpc) is 2.27. The molecule has 16 heavy (non-hydrogen) atoms. The minimum atomic E-state index is -0.253. The highest BCUT2D eigenvalue weighted by Crippen LogP contribution is 2.12. The number of thiocarbonyl (C=S) groups is 1. The molecule has 0 aliphatic rings. The third-order valence-electron chi connectivity index (χ3n) is 2.11. The first-order valence-corrected chi connectivity index (χ1v) is 5.45. The Hall–Kier alpha value is -1.20. The summed E-state index contributed by atoms with van der Waals surface area (Å²) in [5.41, 5.74) is 0.953. The molecule has 0 spiro atoms. The summed E-state index contributed by atoms with van der Waals surface area (Å²) >= 11 is 5.01. The molecule has 5 heteroatoms. The minimum absolute atomic E-state index is 0.000655. The molecular formula is C11H15FN2OS. The van der Waals surface area contributed by atoms with Gasteiger partial charge in [-0.2, -0.15) is 0 Å². The zero-order chi connectivity index (χ0) is 12.0. The maximum absolute atomic E-state index is 12.7. The molecule has 0 amide bonds. The Morgan fingerprint density at radius 1 is 1.44 bits per heavy atom. The van der Waals surface area contributed by atoms with Crippen LogP contribution in [0.25, 0.3) is 0 Å². The molecule has 0 saturated carbocycles. The molecule has 88 valence electrons. The van der Waals surface area contributed by atoms with Crippen LogP contribution in [-0.4, -0.2) is 23.4 Å². The number of aliphatic hydroxyl groups is 1. The van der Waals surface area contributed by atoms with Gasteiger partial charge in [0.1, 0.15) is 5.82 Å². The number of hydrogen-bond acceptors (Lipinski definition) is 2. The largest absolute Gasteiger partial charge is 0.395 e. The molecule has 0 radical (unpaired) electrons. The summed E-state index contributed by atoms with van der Waals surface area (Å²) in [5, 5.41) is 15.0. The Bertz CT molecular complexity index is 342. The maximum atomic E-state index is 12.7. The molecule has 1 aromatic carbocycles. The molecule has 0 bridgehead atoms. The van der Waals surface area contributed by atoms with Gasteiger partial charge in [0.25, 0.3) is 0 Å². The van der Waals surface area contributed by atoms with E-state index in [1.165, 1.54) is 12.1 Å². The van der Waals surface area contributed by atoms with Gasteiger partial charge in [0.2, 0.25) is 0 Å². The van der Waals surface area contributed by atoms with Crippen LogP contribution >= 0.6 is 12.2 Å². The van der Waals surface area contributed by atoms with Gasteiger partial charge in [0.15, 0.2) is 5.11 Å². The first-order valence-electron chi connectivity index (χ1n) is 5.04. The number of aliphatic hydroxyl groups excluding tert-OH is 1. The van der Waals surface area contributed by atoms with Crippen molar-refractivity contribution in [3.63, 3.8) is 0 Å². The molecule has 1 unspecified atom stereocenters. The van der Waals surface area contributed by atoms with Crippen molar-refractivity contribution >= 4 is 17.3 Å². The SMILES string of the molecule is CC(NC(=S)NCCO)c1ccc(F)cc1. The normalized spacial score (nSPS) is 11.9. The van der Waals surface area contributed by atoms with Gasteiger partial charge < -0.3 is 15.7 Å². The molecule has 1 aromatic rings. The van der Waals surface area contributed by atoms with Crippen LogP contribution < -0.4 is 10.6 Å². The predicted octanol–water partition coefficient (Wildman–Crippen LogP) is 1.34. The van der Waals surface area contributed by atoms with E-state index in [1.54, 1.807) is 12.1 Å². The van der Waals surface area contributed by atoms with Crippen LogP contribution in [0.4, 0.5) is 4.39 Å². The summed E-state index contributed by atoms with van der Waals surface area (Å²) in [6.45, 7) is 2.38. The standard InChI is InChI=1S/C11H15FN2OS/c1-8(14-11(16)13-6-7-15)9-2-4-10(12)5-3-9/h2-5,8,15H,6-7H2,1H3,(H2,13,14,16). The zero-order valence-corrected chi connectivity index (χ0v) is 9.85. The topological polar surface area (TPSA) is 44.3 Å². The van der Waals surface area contributed by atoms with Gasteiger partial charge in [0, 0.05) is 6.54 Å². The highest BCUT2D eigenvalue weighted by molar-refractivity contribution is 7.80. The van der Waals surface area contributed by atoms with E-state index in [0.717, 1.165) is 5.56 Å². The Labute approximate surface area is 99.7 Å². The summed E-state index contributed by atoms with van der Waals surface area (Å²) in [6, 6.07) is 6.25. The van der Waals surface area contributed by atoms with Crippen LogP contribution in [-0.2, 0) is 0 Å². The van der Waals surface area contributed by atoms with Crippen molar-refractivity contribution in [2.45, 2.75) is 13.0 Å². The van der Waals surface area contributed by atoms with E-state index in [-0.39, 0.29) is 18.5 Å². The molecule has 1 atom stereocenters. The third kappa shape index (κ3) is 4.12. The van der Waals surface area contributed by atoms with Crippen LogP contribution in [0.5, 0.6) is 0 Å². The first-order chi connectivity index (χ1) is 7.63. The highest BCUT2D eigenvalue weighted by Gasteiger charge is 2.06. The molecule has 1 rings (SSSR count). The second-order valence-corrected chi connectivity index (χ2v) is 3.81. The van der Waals surface area contributed by atoms with E-state index in [2.05, 4.69) is 10.6 Å². The minimum Gasteiger partial charge on any atom is -0.395 e. The van der Waals surface area contributed by atoms with Crippen molar-refractivity contribution in [1.29, 1.82) is 0 Å². The van der Waals surface area contributed by atoms with Crippen LogP contribution in [0.1, 0.15) is 18.5 Å². The second-order valence-electron chi connectivity index (χ2n) is 3.40. The van der Waals surface area contributed by atoms with E-state index < -0.39 is 0 Å². The lowest BCUT2D eigenvalue weighted by molar-refractivity contribution is 0.300. The highest BCUT2D eigenvalue weighted by atomic mass is 32.1. The fourth-order valence-electron chi connectivity index (χ4n) is 1.25. The molecule has 0 heterocycles. The van der Waals surface area contributed by atoms with E-state index >= 15 is 0 Å². The van der Waals surface area contributed by atoms with E-state index in [1.807, 2.05) is 6.92 Å². The van der Waals surface area contributed by atoms with Gasteiger partial charge in [0.05, 0.1) is 12.6 Å². The van der Waals surface area contributed by atoms with Crippen LogP contribution in [0.3, 0.4) is 0 Å². The van der Waals surface area contributed by atoms with E-state index in [9.17, 15) is 4.39 Å². The van der Waals surface area contributed by atoms with Gasteiger partial charge in [-0.05, 0) is 36.8 Å². The molecule has 0 aliphatic heterocycles. The summed E-state index contributed by atoms with van der Waals surface area (Å²) < 4.78 is 12.7. The number of benzene rings is 1. The Morgan fingerprint density at radius 2 is 2.06 bits per heavy atom.